The van der Waals surface area contributed by atoms with Crippen LogP contribution in [0, 0.1) is 11.8 Å². The van der Waals surface area contributed by atoms with Crippen LogP contribution in [0.3, 0.4) is 0 Å². The van der Waals surface area contributed by atoms with Crippen LogP contribution in [0.2, 0.25) is 0 Å². The van der Waals surface area contributed by atoms with E-state index in [9.17, 15) is 24.6 Å². The van der Waals surface area contributed by atoms with E-state index in [4.69, 9.17) is 14.2 Å². The van der Waals surface area contributed by atoms with Crippen LogP contribution < -0.4 is 0 Å². The lowest BCUT2D eigenvalue weighted by molar-refractivity contribution is -0.152. The summed E-state index contributed by atoms with van der Waals surface area (Å²) in [6.45, 7) is 2.79. The Morgan fingerprint density at radius 2 is 1.76 bits per heavy atom. The maximum Gasteiger partial charge on any atom is 0.305 e. The quantitative estimate of drug-likeness (QED) is 0.118. The molecule has 2 N–H and O–H groups in total. The van der Waals surface area contributed by atoms with Gasteiger partial charge in [0.05, 0.1) is 18.8 Å². The van der Waals surface area contributed by atoms with E-state index >= 15 is 0 Å². The van der Waals surface area contributed by atoms with Crippen LogP contribution >= 0.6 is 11.8 Å². The van der Waals surface area contributed by atoms with Gasteiger partial charge in [-0.25, -0.2) is 0 Å². The van der Waals surface area contributed by atoms with Crippen LogP contribution in [0.15, 0.2) is 36.4 Å². The van der Waals surface area contributed by atoms with Crippen molar-refractivity contribution in [1.29, 1.82) is 0 Å². The van der Waals surface area contributed by atoms with Crippen molar-refractivity contribution >= 4 is 29.5 Å². The number of esters is 2. The molecule has 1 aliphatic rings. The van der Waals surface area contributed by atoms with E-state index in [1.54, 1.807) is 31.0 Å². The minimum atomic E-state index is -0.735. The molecule has 41 heavy (non-hydrogen) atoms. The Kier molecular flexibility index (Phi) is 17.6. The minimum absolute atomic E-state index is 0.0553. The van der Waals surface area contributed by atoms with E-state index in [0.717, 1.165) is 48.3 Å². The van der Waals surface area contributed by atoms with E-state index in [-0.39, 0.29) is 55.6 Å². The topological polar surface area (TPSA) is 119 Å². The van der Waals surface area contributed by atoms with Gasteiger partial charge < -0.3 is 24.4 Å². The highest BCUT2D eigenvalue weighted by molar-refractivity contribution is 7.99. The highest BCUT2D eigenvalue weighted by Gasteiger charge is 2.39. The number of hydrogen-bond acceptors (Lipinski definition) is 9. The predicted molar refractivity (Wildman–Crippen MR) is 160 cm³/mol. The Hall–Kier alpha value is -2.20. The van der Waals surface area contributed by atoms with Crippen molar-refractivity contribution in [1.82, 2.24) is 0 Å². The normalized spacial score (nSPS) is 19.5. The van der Waals surface area contributed by atoms with E-state index < -0.39 is 12.2 Å². The fourth-order valence-electron chi connectivity index (χ4n) is 4.95. The Labute approximate surface area is 249 Å². The number of aliphatic hydroxyl groups is 2. The molecule has 0 spiro atoms. The maximum atomic E-state index is 12.5. The maximum absolute atomic E-state index is 12.5. The van der Waals surface area contributed by atoms with Gasteiger partial charge in [-0.05, 0) is 41.9 Å². The number of ether oxygens (including phenoxy) is 3. The summed E-state index contributed by atoms with van der Waals surface area (Å²) in [5.74, 6) is 0.411. The number of benzene rings is 1. The number of thioether (sulfide) groups is 1. The van der Waals surface area contributed by atoms with Gasteiger partial charge in [-0.1, -0.05) is 62.6 Å². The zero-order chi connectivity index (χ0) is 29.9. The Bertz CT molecular complexity index is 949. The molecule has 0 amide bonds. The summed E-state index contributed by atoms with van der Waals surface area (Å²) in [4.78, 5) is 36.0. The molecule has 1 saturated carbocycles. The van der Waals surface area contributed by atoms with Crippen molar-refractivity contribution in [3.05, 3.63) is 47.5 Å². The number of Topliss-reactive ketones (excluding diaryl/α,β-unsaturated/α-hetero) is 1. The molecule has 0 saturated heterocycles. The highest BCUT2D eigenvalue weighted by atomic mass is 32.2. The highest BCUT2D eigenvalue weighted by Crippen LogP contribution is 2.34. The molecule has 9 heteroatoms. The smallest absolute Gasteiger partial charge is 0.305 e. The standard InChI is InChI=1S/C32H48O8S/c1-3-4-5-6-11-31(36)39-16-17-40-32(37)12-8-18-41-19-15-28-27(29(34)22-30(28)35)14-13-26(33)21-24-9-7-10-25(20-24)23-38-2/h7,9-10,13-14,20,26-29,33-34H,3-6,8,11-12,15-19,21-23H2,1-2H3/b14-13+/t26-,27-,28-,29-/m1/s1. The summed E-state index contributed by atoms with van der Waals surface area (Å²) in [6.07, 6.45) is 8.68. The van der Waals surface area contributed by atoms with Gasteiger partial charge in [0.1, 0.15) is 19.0 Å². The van der Waals surface area contributed by atoms with Crippen LogP contribution in [-0.2, 0) is 41.6 Å². The zero-order valence-electron chi connectivity index (χ0n) is 24.6. The first-order valence-electron chi connectivity index (χ1n) is 14.9. The van der Waals surface area contributed by atoms with E-state index in [1.807, 2.05) is 24.3 Å². The molecule has 0 heterocycles. The summed E-state index contributed by atoms with van der Waals surface area (Å²) in [7, 11) is 1.64. The molecule has 1 aromatic rings. The molecular weight excluding hydrogens is 544 g/mol. The van der Waals surface area contributed by atoms with E-state index in [2.05, 4.69) is 6.92 Å². The third-order valence-electron chi connectivity index (χ3n) is 7.12. The first kappa shape index (κ1) is 35.0. The molecule has 0 bridgehead atoms. The molecular formula is C32H48O8S. The van der Waals surface area contributed by atoms with Gasteiger partial charge >= 0.3 is 11.9 Å². The zero-order valence-corrected chi connectivity index (χ0v) is 25.4. The second kappa shape index (κ2) is 20.6. The van der Waals surface area contributed by atoms with E-state index in [0.29, 0.717) is 32.3 Å². The summed E-state index contributed by atoms with van der Waals surface area (Å²) in [5.41, 5.74) is 2.03. The molecule has 2 rings (SSSR count). The molecule has 0 aliphatic heterocycles. The first-order chi connectivity index (χ1) is 19.8. The number of carbonyl (C=O) groups is 3. The van der Waals surface area contributed by atoms with Crippen molar-refractivity contribution in [3.63, 3.8) is 0 Å². The van der Waals surface area contributed by atoms with Crippen LogP contribution in [0.4, 0.5) is 0 Å². The molecule has 230 valence electrons. The third-order valence-corrected chi connectivity index (χ3v) is 8.22. The number of ketones is 1. The molecule has 0 unspecified atom stereocenters. The lowest BCUT2D eigenvalue weighted by Crippen LogP contribution is -2.20. The summed E-state index contributed by atoms with van der Waals surface area (Å²) in [5, 5.41) is 21.0. The van der Waals surface area contributed by atoms with Crippen LogP contribution in [0.25, 0.3) is 0 Å². The molecule has 8 nitrogen and oxygen atoms in total. The van der Waals surface area contributed by atoms with Gasteiger partial charge in [-0.15, -0.1) is 0 Å². The second-order valence-corrected chi connectivity index (χ2v) is 11.8. The summed E-state index contributed by atoms with van der Waals surface area (Å²) < 4.78 is 15.4. The minimum Gasteiger partial charge on any atom is -0.462 e. The fourth-order valence-corrected chi connectivity index (χ4v) is 5.93. The van der Waals surface area contributed by atoms with E-state index in [1.165, 1.54) is 0 Å². The Morgan fingerprint density at radius 3 is 2.46 bits per heavy atom. The number of rotatable bonds is 21. The van der Waals surface area contributed by atoms with Crippen molar-refractivity contribution < 1.29 is 38.8 Å². The van der Waals surface area contributed by atoms with Gasteiger partial charge in [0.2, 0.25) is 0 Å². The molecule has 1 fully saturated rings. The van der Waals surface area contributed by atoms with Gasteiger partial charge in [-0.2, -0.15) is 11.8 Å². The van der Waals surface area contributed by atoms with Gasteiger partial charge in [0.15, 0.2) is 0 Å². The lowest BCUT2D eigenvalue weighted by atomic mass is 9.91. The number of aliphatic hydroxyl groups excluding tert-OH is 2. The molecule has 0 aromatic heterocycles. The average molecular weight is 593 g/mol. The fraction of sp³-hybridized carbons (Fsp3) is 0.656. The number of methoxy groups -OCH3 is 1. The van der Waals surface area contributed by atoms with Crippen molar-refractivity contribution in [3.8, 4) is 0 Å². The third kappa shape index (κ3) is 14.5. The monoisotopic (exact) mass is 592 g/mol. The number of carbonyl (C=O) groups excluding carboxylic acids is 3. The first-order valence-corrected chi connectivity index (χ1v) is 16.0. The van der Waals surface area contributed by atoms with Crippen LogP contribution in [-0.4, -0.2) is 72.0 Å². The van der Waals surface area contributed by atoms with Crippen molar-refractivity contribution in [2.75, 3.05) is 31.8 Å². The average Bonchev–Trinajstić information content (AvgIpc) is 3.21. The Balaban J connectivity index is 1.61. The summed E-state index contributed by atoms with van der Waals surface area (Å²) >= 11 is 1.67. The van der Waals surface area contributed by atoms with Gasteiger partial charge in [0.25, 0.3) is 0 Å². The van der Waals surface area contributed by atoms with Crippen molar-refractivity contribution in [2.24, 2.45) is 11.8 Å². The molecule has 0 radical (unpaired) electrons. The Morgan fingerprint density at radius 1 is 1.05 bits per heavy atom. The molecule has 1 aliphatic carbocycles. The number of hydrogen-bond donors (Lipinski definition) is 2. The second-order valence-electron chi connectivity index (χ2n) is 10.6. The molecule has 4 atom stereocenters. The van der Waals surface area contributed by atoms with Crippen LogP contribution in [0.5, 0.6) is 0 Å². The largest absolute Gasteiger partial charge is 0.462 e. The molecule has 1 aromatic carbocycles. The van der Waals surface area contributed by atoms with Crippen molar-refractivity contribution in [2.45, 2.75) is 89.9 Å². The number of unbranched alkanes of at least 4 members (excludes halogenated alkanes) is 3. The van der Waals surface area contributed by atoms with Crippen LogP contribution in [0.1, 0.15) is 75.8 Å². The SMILES string of the molecule is CCCCCCC(=O)OCCOC(=O)CCCSCC[C@H]1C(=O)C[C@@H](O)[C@@H]1/C=C/[C@@H](O)Cc1cccc(COC)c1. The van der Waals surface area contributed by atoms with Gasteiger partial charge in [-0.3, -0.25) is 14.4 Å². The lowest BCUT2D eigenvalue weighted by Gasteiger charge is -2.18. The van der Waals surface area contributed by atoms with Gasteiger partial charge in [0, 0.05) is 44.6 Å². The predicted octanol–water partition coefficient (Wildman–Crippen LogP) is 4.82. The summed E-state index contributed by atoms with van der Waals surface area (Å²) in [6, 6.07) is 7.87.